The van der Waals surface area contributed by atoms with Crippen molar-refractivity contribution in [2.75, 3.05) is 0 Å². The lowest BCUT2D eigenvalue weighted by molar-refractivity contribution is 0.668. The van der Waals surface area contributed by atoms with Gasteiger partial charge in [0.25, 0.3) is 0 Å². The van der Waals surface area contributed by atoms with E-state index in [-0.39, 0.29) is 0 Å². The highest BCUT2D eigenvalue weighted by Crippen LogP contribution is 2.40. The number of rotatable bonds is 5. The smallest absolute Gasteiger partial charge is 0.238 e. The summed E-state index contributed by atoms with van der Waals surface area (Å²) < 4.78 is 15.1. The minimum atomic E-state index is 0.514. The predicted octanol–water partition coefficient (Wildman–Crippen LogP) is 13.4. The van der Waals surface area contributed by atoms with Crippen molar-refractivity contribution in [2.24, 2.45) is 0 Å². The van der Waals surface area contributed by atoms with E-state index in [1.807, 2.05) is 36.4 Å². The molecule has 266 valence electrons. The Morgan fingerprint density at radius 2 is 0.947 bits per heavy atom. The first-order valence-corrected chi connectivity index (χ1v) is 19.0. The van der Waals surface area contributed by atoms with Crippen LogP contribution in [-0.4, -0.2) is 19.5 Å². The highest BCUT2D eigenvalue weighted by molar-refractivity contribution is 6.17. The number of hydrogen-bond donors (Lipinski definition) is 0. The molecule has 57 heavy (non-hydrogen) atoms. The van der Waals surface area contributed by atoms with Gasteiger partial charge in [0, 0.05) is 49.5 Å². The van der Waals surface area contributed by atoms with Crippen LogP contribution in [0.4, 0.5) is 0 Å². The van der Waals surface area contributed by atoms with Gasteiger partial charge in [0.2, 0.25) is 5.95 Å². The van der Waals surface area contributed by atoms with Crippen molar-refractivity contribution in [3.05, 3.63) is 182 Å². The molecule has 8 aromatic carbocycles. The normalized spacial score (nSPS) is 11.9. The van der Waals surface area contributed by atoms with E-state index in [1.54, 1.807) is 0 Å². The van der Waals surface area contributed by atoms with Gasteiger partial charge in [0.1, 0.15) is 22.3 Å². The van der Waals surface area contributed by atoms with Crippen LogP contribution in [0.15, 0.2) is 191 Å². The maximum absolute atomic E-state index is 6.54. The van der Waals surface area contributed by atoms with Gasteiger partial charge >= 0.3 is 0 Å². The first-order valence-electron chi connectivity index (χ1n) is 19.0. The molecule has 0 N–H and O–H groups in total. The second-order valence-electron chi connectivity index (χ2n) is 14.4. The van der Waals surface area contributed by atoms with Crippen LogP contribution in [0.2, 0.25) is 0 Å². The topological polar surface area (TPSA) is 69.9 Å². The molecule has 0 spiro atoms. The largest absolute Gasteiger partial charge is 0.456 e. The summed E-state index contributed by atoms with van der Waals surface area (Å²) in [6.07, 6.45) is 0. The SMILES string of the molecule is c1ccc(-c2ccc(-c3nc(-c4ccc5c(c4)oc4cccc(-c6ccccc6)c45)nc(-n4c5ccccc5c5cc6c(cc54)oc4ccccc46)n3)cc2)cc1. The molecule has 0 radical (unpaired) electrons. The van der Waals surface area contributed by atoms with E-state index < -0.39 is 0 Å². The second-order valence-corrected chi connectivity index (χ2v) is 14.4. The van der Waals surface area contributed by atoms with Crippen molar-refractivity contribution in [1.29, 1.82) is 0 Å². The Balaban J connectivity index is 1.09. The molecule has 0 aliphatic carbocycles. The summed E-state index contributed by atoms with van der Waals surface area (Å²) in [7, 11) is 0. The fourth-order valence-electron chi connectivity index (χ4n) is 8.39. The molecule has 0 amide bonds. The van der Waals surface area contributed by atoms with Crippen molar-refractivity contribution < 1.29 is 8.83 Å². The lowest BCUT2D eigenvalue weighted by atomic mass is 9.99. The zero-order valence-electron chi connectivity index (χ0n) is 30.4. The maximum atomic E-state index is 6.54. The standard InChI is InChI=1S/C51H30N4O2/c1-3-12-31(13-4-1)32-22-24-34(25-23-32)49-52-50(35-26-27-39-46(28-35)57-45-21-11-18-36(48(39)45)33-14-5-2-6-15-33)54-51(53-49)55-42-19-9-7-16-37(42)40-29-41-38-17-8-10-20-44(38)56-47(41)30-43(40)55/h1-30H. The van der Waals surface area contributed by atoms with E-state index in [9.17, 15) is 0 Å². The van der Waals surface area contributed by atoms with Gasteiger partial charge in [-0.3, -0.25) is 4.57 Å². The molecule has 6 heteroatoms. The van der Waals surface area contributed by atoms with Gasteiger partial charge in [-0.05, 0) is 58.7 Å². The van der Waals surface area contributed by atoms with Crippen molar-refractivity contribution in [3.8, 4) is 51.0 Å². The summed E-state index contributed by atoms with van der Waals surface area (Å²) in [5, 5.41) is 6.49. The minimum absolute atomic E-state index is 0.514. The van der Waals surface area contributed by atoms with E-state index in [2.05, 4.69) is 150 Å². The number of fused-ring (bicyclic) bond motifs is 9. The number of para-hydroxylation sites is 2. The summed E-state index contributed by atoms with van der Waals surface area (Å²) in [5.74, 6) is 1.63. The van der Waals surface area contributed by atoms with Crippen LogP contribution in [0.1, 0.15) is 0 Å². The molecule has 0 unspecified atom stereocenters. The zero-order chi connectivity index (χ0) is 37.5. The molecule has 12 aromatic rings. The van der Waals surface area contributed by atoms with Crippen LogP contribution < -0.4 is 0 Å². The molecular formula is C51H30N4O2. The van der Waals surface area contributed by atoms with E-state index >= 15 is 0 Å². The summed E-state index contributed by atoms with van der Waals surface area (Å²) >= 11 is 0. The van der Waals surface area contributed by atoms with Crippen molar-refractivity contribution in [2.45, 2.75) is 0 Å². The molecule has 0 fully saturated rings. The molecule has 0 saturated heterocycles. The fraction of sp³-hybridized carbons (Fsp3) is 0. The highest BCUT2D eigenvalue weighted by atomic mass is 16.3. The Labute approximate surface area is 325 Å². The monoisotopic (exact) mass is 730 g/mol. The Morgan fingerprint density at radius 1 is 0.333 bits per heavy atom. The lowest BCUT2D eigenvalue weighted by Crippen LogP contribution is -2.06. The molecule has 0 bridgehead atoms. The molecule has 6 nitrogen and oxygen atoms in total. The molecule has 12 rings (SSSR count). The van der Waals surface area contributed by atoms with Crippen LogP contribution >= 0.6 is 0 Å². The number of furan rings is 2. The number of aromatic nitrogens is 4. The van der Waals surface area contributed by atoms with E-state index in [4.69, 9.17) is 23.8 Å². The van der Waals surface area contributed by atoms with Gasteiger partial charge in [-0.25, -0.2) is 4.98 Å². The first kappa shape index (κ1) is 31.5. The molecule has 4 aromatic heterocycles. The third-order valence-electron chi connectivity index (χ3n) is 11.1. The highest BCUT2D eigenvalue weighted by Gasteiger charge is 2.21. The van der Waals surface area contributed by atoms with Crippen molar-refractivity contribution >= 4 is 65.7 Å². The van der Waals surface area contributed by atoms with Crippen LogP contribution in [-0.2, 0) is 0 Å². The van der Waals surface area contributed by atoms with Crippen molar-refractivity contribution in [1.82, 2.24) is 19.5 Å². The Hall–Kier alpha value is -7.83. The molecule has 0 aliphatic rings. The molecule has 0 saturated carbocycles. The first-order chi connectivity index (χ1) is 28.2. The van der Waals surface area contributed by atoms with Crippen LogP contribution in [0, 0.1) is 0 Å². The Bertz CT molecular complexity index is 3510. The second kappa shape index (κ2) is 12.3. The summed E-state index contributed by atoms with van der Waals surface area (Å²) in [5.41, 5.74) is 11.5. The summed E-state index contributed by atoms with van der Waals surface area (Å²) in [6, 6.07) is 62.7. The minimum Gasteiger partial charge on any atom is -0.456 e. The van der Waals surface area contributed by atoms with Crippen LogP contribution in [0.5, 0.6) is 0 Å². The van der Waals surface area contributed by atoms with Gasteiger partial charge in [0.05, 0.1) is 11.0 Å². The maximum Gasteiger partial charge on any atom is 0.238 e. The number of benzene rings is 8. The van der Waals surface area contributed by atoms with Gasteiger partial charge in [-0.1, -0.05) is 140 Å². The Morgan fingerprint density at radius 3 is 1.77 bits per heavy atom. The average molecular weight is 731 g/mol. The third-order valence-corrected chi connectivity index (χ3v) is 11.1. The van der Waals surface area contributed by atoms with E-state index in [1.165, 1.54) is 0 Å². The fourth-order valence-corrected chi connectivity index (χ4v) is 8.39. The quantitative estimate of drug-likeness (QED) is 0.176. The predicted molar refractivity (Wildman–Crippen MR) is 230 cm³/mol. The third kappa shape index (κ3) is 5.01. The molecular weight excluding hydrogens is 701 g/mol. The molecule has 4 heterocycles. The summed E-state index contributed by atoms with van der Waals surface area (Å²) in [4.78, 5) is 15.6. The van der Waals surface area contributed by atoms with Crippen LogP contribution in [0.25, 0.3) is 117 Å². The molecule has 0 aliphatic heterocycles. The molecule has 0 atom stereocenters. The number of nitrogens with zero attached hydrogens (tertiary/aromatic N) is 4. The van der Waals surface area contributed by atoms with Gasteiger partial charge in [-0.15, -0.1) is 0 Å². The number of hydrogen-bond acceptors (Lipinski definition) is 5. The van der Waals surface area contributed by atoms with E-state index in [0.717, 1.165) is 99.1 Å². The average Bonchev–Trinajstić information content (AvgIpc) is 3.95. The van der Waals surface area contributed by atoms with Crippen LogP contribution in [0.3, 0.4) is 0 Å². The van der Waals surface area contributed by atoms with Gasteiger partial charge < -0.3 is 8.83 Å². The zero-order valence-corrected chi connectivity index (χ0v) is 30.4. The lowest BCUT2D eigenvalue weighted by Gasteiger charge is -2.11. The Kier molecular flexibility index (Phi) is 6.83. The summed E-state index contributed by atoms with van der Waals surface area (Å²) in [6.45, 7) is 0. The van der Waals surface area contributed by atoms with E-state index in [0.29, 0.717) is 17.6 Å². The van der Waals surface area contributed by atoms with Gasteiger partial charge in [0.15, 0.2) is 11.6 Å². The van der Waals surface area contributed by atoms with Crippen molar-refractivity contribution in [3.63, 3.8) is 0 Å². The van der Waals surface area contributed by atoms with Gasteiger partial charge in [-0.2, -0.15) is 9.97 Å².